The maximum Gasteiger partial charge on any atom is 0.352 e. The topological polar surface area (TPSA) is 120 Å². The highest BCUT2D eigenvalue weighted by Gasteiger charge is 2.56. The number of aliphatic hydroxyl groups excluding tert-OH is 1. The molecular formula is C22H21N3O5. The van der Waals surface area contributed by atoms with Crippen LogP contribution in [0.4, 0.5) is 5.69 Å². The number of hydrogen-bond acceptors (Lipinski definition) is 5. The van der Waals surface area contributed by atoms with Crippen molar-refractivity contribution in [2.24, 2.45) is 5.92 Å². The van der Waals surface area contributed by atoms with Crippen molar-refractivity contribution in [3.8, 4) is 0 Å². The van der Waals surface area contributed by atoms with E-state index in [1.54, 1.807) is 55.7 Å². The minimum atomic E-state index is -1.18. The van der Waals surface area contributed by atoms with Crippen LogP contribution in [0.15, 0.2) is 54.5 Å². The molecule has 154 valence electrons. The highest BCUT2D eigenvalue weighted by molar-refractivity contribution is 6.06. The molecule has 3 atom stereocenters. The van der Waals surface area contributed by atoms with Crippen LogP contribution in [-0.2, 0) is 20.8 Å². The van der Waals surface area contributed by atoms with E-state index in [0.29, 0.717) is 23.2 Å². The predicted molar refractivity (Wildman–Crippen MR) is 108 cm³/mol. The largest absolute Gasteiger partial charge is 0.477 e. The lowest BCUT2D eigenvalue weighted by Crippen LogP contribution is -2.61. The summed E-state index contributed by atoms with van der Waals surface area (Å²) in [5, 5.41) is 22.3. The molecule has 3 N–H and O–H groups in total. The number of carboxylic acid groups (broad SMARTS) is 1. The lowest BCUT2D eigenvalue weighted by Gasteiger charge is -2.44. The molecule has 2 aromatic rings. The van der Waals surface area contributed by atoms with E-state index in [0.717, 1.165) is 5.56 Å². The fourth-order valence-electron chi connectivity index (χ4n) is 4.22. The molecule has 0 spiro atoms. The Morgan fingerprint density at radius 1 is 1.30 bits per heavy atom. The van der Waals surface area contributed by atoms with Gasteiger partial charge in [-0.15, -0.1) is 0 Å². The predicted octanol–water partition coefficient (Wildman–Crippen LogP) is 1.67. The lowest BCUT2D eigenvalue weighted by molar-refractivity contribution is -0.161. The first-order valence-corrected chi connectivity index (χ1v) is 9.63. The van der Waals surface area contributed by atoms with Gasteiger partial charge in [0.05, 0.1) is 36.4 Å². The van der Waals surface area contributed by atoms with Crippen molar-refractivity contribution in [2.45, 2.75) is 31.9 Å². The first kappa shape index (κ1) is 19.8. The average molecular weight is 407 g/mol. The van der Waals surface area contributed by atoms with Gasteiger partial charge < -0.3 is 20.4 Å². The van der Waals surface area contributed by atoms with Crippen molar-refractivity contribution in [1.29, 1.82) is 0 Å². The molecule has 0 radical (unpaired) electrons. The normalized spacial score (nSPS) is 21.1. The SMILES string of the molecule is C[C@@H](O)[C@H]1C(=O)N2C(C(=O)O)=C(c3cccc(CC(=O)Nc4cccnc4)c3)C[C@H]12. The molecule has 30 heavy (non-hydrogen) atoms. The molecule has 2 aliphatic heterocycles. The Labute approximate surface area is 172 Å². The van der Waals surface area contributed by atoms with Gasteiger partial charge in [-0.25, -0.2) is 4.79 Å². The number of carboxylic acids is 1. The van der Waals surface area contributed by atoms with Gasteiger partial charge in [0.25, 0.3) is 0 Å². The Hall–Kier alpha value is -3.52. The van der Waals surface area contributed by atoms with Crippen LogP contribution in [0.3, 0.4) is 0 Å². The van der Waals surface area contributed by atoms with E-state index in [9.17, 15) is 24.6 Å². The number of aliphatic carboxylic acids is 1. The Morgan fingerprint density at radius 3 is 2.77 bits per heavy atom. The second-order valence-electron chi connectivity index (χ2n) is 7.55. The highest BCUT2D eigenvalue weighted by atomic mass is 16.4. The van der Waals surface area contributed by atoms with E-state index in [1.165, 1.54) is 4.90 Å². The second-order valence-corrected chi connectivity index (χ2v) is 7.55. The van der Waals surface area contributed by atoms with E-state index in [-0.39, 0.29) is 30.0 Å². The van der Waals surface area contributed by atoms with Crippen molar-refractivity contribution < 1.29 is 24.6 Å². The molecule has 3 heterocycles. The minimum Gasteiger partial charge on any atom is -0.477 e. The summed E-state index contributed by atoms with van der Waals surface area (Å²) in [6.07, 6.45) is 2.80. The van der Waals surface area contributed by atoms with Crippen LogP contribution in [0, 0.1) is 5.92 Å². The van der Waals surface area contributed by atoms with Gasteiger partial charge in [-0.2, -0.15) is 0 Å². The molecule has 1 aromatic heterocycles. The fourth-order valence-corrected chi connectivity index (χ4v) is 4.22. The molecule has 1 fully saturated rings. The molecular weight excluding hydrogens is 386 g/mol. The Bertz CT molecular complexity index is 1050. The number of carbonyl (C=O) groups excluding carboxylic acids is 2. The number of nitrogens with zero attached hydrogens (tertiary/aromatic N) is 2. The second kappa shape index (κ2) is 7.72. The molecule has 0 unspecified atom stereocenters. The number of pyridine rings is 1. The van der Waals surface area contributed by atoms with Crippen LogP contribution in [0.25, 0.3) is 5.57 Å². The molecule has 4 rings (SSSR count). The summed E-state index contributed by atoms with van der Waals surface area (Å²) in [6.45, 7) is 1.54. The number of hydrogen-bond donors (Lipinski definition) is 3. The number of nitrogens with one attached hydrogen (secondary N) is 1. The minimum absolute atomic E-state index is 0.0427. The summed E-state index contributed by atoms with van der Waals surface area (Å²) >= 11 is 0. The Morgan fingerprint density at radius 2 is 2.10 bits per heavy atom. The standard InChI is InChI=1S/C22H21N3O5/c1-12(26)19-17-10-16(20(22(29)30)25(17)21(19)28)14-5-2-4-13(8-14)9-18(27)24-15-6-3-7-23-11-15/h2-8,11-12,17,19,26H,9-10H2,1H3,(H,24,27)(H,29,30)/t12-,17-,19-/m1/s1. The van der Waals surface area contributed by atoms with E-state index in [4.69, 9.17) is 0 Å². The molecule has 0 saturated carbocycles. The number of amides is 2. The van der Waals surface area contributed by atoms with Crippen LogP contribution in [0.2, 0.25) is 0 Å². The molecule has 2 aliphatic rings. The third-order valence-electron chi connectivity index (χ3n) is 5.52. The van der Waals surface area contributed by atoms with Gasteiger partial charge in [0, 0.05) is 6.20 Å². The fraction of sp³-hybridized carbons (Fsp3) is 0.273. The summed E-state index contributed by atoms with van der Waals surface area (Å²) in [5.41, 5.74) is 2.47. The monoisotopic (exact) mass is 407 g/mol. The number of fused-ring (bicyclic) bond motifs is 1. The number of carbonyl (C=O) groups is 3. The van der Waals surface area contributed by atoms with Crippen molar-refractivity contribution in [2.75, 3.05) is 5.32 Å². The quantitative estimate of drug-likeness (QED) is 0.627. The number of aromatic nitrogens is 1. The van der Waals surface area contributed by atoms with Gasteiger partial charge in [-0.05, 0) is 42.2 Å². The van der Waals surface area contributed by atoms with Crippen molar-refractivity contribution in [3.05, 3.63) is 65.6 Å². The van der Waals surface area contributed by atoms with Crippen molar-refractivity contribution in [1.82, 2.24) is 9.88 Å². The summed E-state index contributed by atoms with van der Waals surface area (Å²) in [4.78, 5) is 41.8. The van der Waals surface area contributed by atoms with Crippen molar-refractivity contribution >= 4 is 29.0 Å². The van der Waals surface area contributed by atoms with Crippen LogP contribution < -0.4 is 5.32 Å². The van der Waals surface area contributed by atoms with Gasteiger partial charge >= 0.3 is 5.97 Å². The van der Waals surface area contributed by atoms with Crippen LogP contribution >= 0.6 is 0 Å². The van der Waals surface area contributed by atoms with Gasteiger partial charge in [-0.3, -0.25) is 14.6 Å². The molecule has 0 aliphatic carbocycles. The maximum absolute atomic E-state index is 12.4. The Balaban J connectivity index is 1.57. The molecule has 2 amide bonds. The van der Waals surface area contributed by atoms with E-state index in [1.807, 2.05) is 0 Å². The first-order valence-electron chi connectivity index (χ1n) is 9.63. The van der Waals surface area contributed by atoms with E-state index >= 15 is 0 Å². The van der Waals surface area contributed by atoms with Gasteiger partial charge in [0.1, 0.15) is 5.70 Å². The van der Waals surface area contributed by atoms with Crippen LogP contribution in [-0.4, -0.2) is 50.0 Å². The first-order chi connectivity index (χ1) is 14.4. The van der Waals surface area contributed by atoms with E-state index < -0.39 is 18.0 Å². The van der Waals surface area contributed by atoms with Crippen LogP contribution in [0.5, 0.6) is 0 Å². The number of rotatable bonds is 6. The zero-order valence-electron chi connectivity index (χ0n) is 16.3. The molecule has 1 saturated heterocycles. The molecule has 1 aromatic carbocycles. The third kappa shape index (κ3) is 3.46. The van der Waals surface area contributed by atoms with Gasteiger partial charge in [0.15, 0.2) is 0 Å². The lowest BCUT2D eigenvalue weighted by atomic mass is 9.82. The van der Waals surface area contributed by atoms with Gasteiger partial charge in [-0.1, -0.05) is 24.3 Å². The van der Waals surface area contributed by atoms with Crippen LogP contribution in [0.1, 0.15) is 24.5 Å². The number of aliphatic hydroxyl groups is 1. The summed E-state index contributed by atoms with van der Waals surface area (Å²) < 4.78 is 0. The number of anilines is 1. The van der Waals surface area contributed by atoms with Gasteiger partial charge in [0.2, 0.25) is 11.8 Å². The third-order valence-corrected chi connectivity index (χ3v) is 5.52. The van der Waals surface area contributed by atoms with E-state index in [2.05, 4.69) is 10.3 Å². The molecule has 0 bridgehead atoms. The smallest absolute Gasteiger partial charge is 0.352 e. The highest BCUT2D eigenvalue weighted by Crippen LogP contribution is 2.46. The summed E-state index contributed by atoms with van der Waals surface area (Å²) in [7, 11) is 0. The maximum atomic E-state index is 12.4. The summed E-state index contributed by atoms with van der Waals surface area (Å²) in [6, 6.07) is 10.2. The number of benzene rings is 1. The Kier molecular flexibility index (Phi) is 5.09. The molecule has 8 nitrogen and oxygen atoms in total. The average Bonchev–Trinajstić information content (AvgIpc) is 3.04. The zero-order valence-corrected chi connectivity index (χ0v) is 16.3. The molecule has 8 heteroatoms. The zero-order chi connectivity index (χ0) is 21.4. The summed E-state index contributed by atoms with van der Waals surface area (Å²) in [5.74, 6) is -2.35. The number of β-lactam (4-membered cyclic amide) rings is 1. The van der Waals surface area contributed by atoms with Crippen molar-refractivity contribution in [3.63, 3.8) is 0 Å².